The van der Waals surface area contributed by atoms with Crippen LogP contribution >= 0.6 is 0 Å². The van der Waals surface area contributed by atoms with E-state index in [1.54, 1.807) is 20.9 Å². The molecule has 0 spiro atoms. The molecule has 1 aromatic heterocycles. The molecule has 20 heavy (non-hydrogen) atoms. The zero-order valence-corrected chi connectivity index (χ0v) is 11.7. The van der Waals surface area contributed by atoms with Crippen LogP contribution in [-0.4, -0.2) is 67.8 Å². The van der Waals surface area contributed by atoms with E-state index in [2.05, 4.69) is 15.6 Å². The van der Waals surface area contributed by atoms with Crippen LogP contribution < -0.4 is 5.32 Å². The Kier molecular flexibility index (Phi) is 5.03. The Hall–Kier alpha value is -2.16. The van der Waals surface area contributed by atoms with Gasteiger partial charge >= 0.3 is 12.0 Å². The molecule has 9 nitrogen and oxygen atoms in total. The maximum Gasteiger partial charge on any atom is 0.358 e. The van der Waals surface area contributed by atoms with E-state index in [-0.39, 0.29) is 24.8 Å². The predicted molar refractivity (Wildman–Crippen MR) is 69.3 cm³/mol. The van der Waals surface area contributed by atoms with Crippen molar-refractivity contribution in [2.45, 2.75) is 26.0 Å². The zero-order chi connectivity index (χ0) is 15.3. The molecular weight excluding hydrogens is 266 g/mol. The summed E-state index contributed by atoms with van der Waals surface area (Å²) in [6.45, 7) is 4.00. The first-order chi connectivity index (χ1) is 9.19. The quantitative estimate of drug-likeness (QED) is 0.641. The van der Waals surface area contributed by atoms with Crippen LogP contribution in [0.4, 0.5) is 4.79 Å². The number of urea groups is 1. The first-order valence-corrected chi connectivity index (χ1v) is 6.04. The van der Waals surface area contributed by atoms with Gasteiger partial charge in [-0.25, -0.2) is 14.3 Å². The van der Waals surface area contributed by atoms with Crippen molar-refractivity contribution < 1.29 is 19.8 Å². The third kappa shape index (κ3) is 5.22. The molecule has 9 heteroatoms. The van der Waals surface area contributed by atoms with Crippen molar-refractivity contribution >= 4 is 12.0 Å². The van der Waals surface area contributed by atoms with E-state index in [0.29, 0.717) is 6.54 Å². The summed E-state index contributed by atoms with van der Waals surface area (Å²) in [6, 6.07) is -0.328. The Morgan fingerprint density at radius 3 is 2.65 bits per heavy atom. The summed E-state index contributed by atoms with van der Waals surface area (Å²) in [5, 5.41) is 28.0. The van der Waals surface area contributed by atoms with Crippen LogP contribution in [0, 0.1) is 0 Å². The van der Waals surface area contributed by atoms with Crippen LogP contribution in [0.25, 0.3) is 0 Å². The van der Waals surface area contributed by atoms with E-state index >= 15 is 0 Å². The number of hydrogen-bond acceptors (Lipinski definition) is 5. The van der Waals surface area contributed by atoms with Crippen LogP contribution in [0.15, 0.2) is 6.20 Å². The molecule has 0 saturated heterocycles. The molecular formula is C11H19N5O4. The minimum Gasteiger partial charge on any atom is -0.476 e. The summed E-state index contributed by atoms with van der Waals surface area (Å²) < 4.78 is 1.33. The molecule has 112 valence electrons. The predicted octanol–water partition coefficient (Wildman–Crippen LogP) is -0.611. The molecule has 2 amide bonds. The molecule has 0 aliphatic rings. The lowest BCUT2D eigenvalue weighted by Gasteiger charge is -2.25. The van der Waals surface area contributed by atoms with E-state index in [1.165, 1.54) is 15.8 Å². The van der Waals surface area contributed by atoms with Gasteiger partial charge in [0.15, 0.2) is 5.69 Å². The zero-order valence-electron chi connectivity index (χ0n) is 11.7. The molecule has 0 unspecified atom stereocenters. The van der Waals surface area contributed by atoms with Gasteiger partial charge in [0, 0.05) is 13.6 Å². The average molecular weight is 285 g/mol. The lowest BCUT2D eigenvalue weighted by atomic mass is 10.1. The number of carboxylic acids is 1. The number of nitrogens with zero attached hydrogens (tertiary/aromatic N) is 4. The second kappa shape index (κ2) is 6.33. The summed E-state index contributed by atoms with van der Waals surface area (Å²) in [6.07, 6.45) is 1.29. The highest BCUT2D eigenvalue weighted by Gasteiger charge is 2.18. The largest absolute Gasteiger partial charge is 0.476 e. The number of hydrogen-bond donors (Lipinski definition) is 3. The van der Waals surface area contributed by atoms with Crippen molar-refractivity contribution in [2.24, 2.45) is 0 Å². The molecule has 0 aliphatic heterocycles. The number of carbonyl (C=O) groups excluding carboxylic acids is 1. The van der Waals surface area contributed by atoms with Crippen molar-refractivity contribution in [1.29, 1.82) is 0 Å². The number of nitrogens with one attached hydrogen (secondary N) is 1. The van der Waals surface area contributed by atoms with Gasteiger partial charge in [0.1, 0.15) is 0 Å². The lowest BCUT2D eigenvalue weighted by molar-refractivity contribution is 0.0531. The van der Waals surface area contributed by atoms with Crippen LogP contribution in [0.2, 0.25) is 0 Å². The van der Waals surface area contributed by atoms with Gasteiger partial charge in [0.05, 0.1) is 24.9 Å². The normalized spacial score (nSPS) is 11.2. The van der Waals surface area contributed by atoms with E-state index < -0.39 is 11.6 Å². The van der Waals surface area contributed by atoms with Gasteiger partial charge in [-0.1, -0.05) is 5.21 Å². The van der Waals surface area contributed by atoms with Gasteiger partial charge in [-0.2, -0.15) is 0 Å². The van der Waals surface area contributed by atoms with Crippen molar-refractivity contribution in [2.75, 3.05) is 20.1 Å². The van der Waals surface area contributed by atoms with Gasteiger partial charge in [-0.3, -0.25) is 0 Å². The molecule has 0 radical (unpaired) electrons. The van der Waals surface area contributed by atoms with Crippen LogP contribution in [-0.2, 0) is 6.54 Å². The van der Waals surface area contributed by atoms with E-state index in [1.807, 2.05) is 0 Å². The number of aromatic carboxylic acids is 1. The van der Waals surface area contributed by atoms with E-state index in [9.17, 15) is 14.7 Å². The molecule has 0 saturated carbocycles. The highest BCUT2D eigenvalue weighted by molar-refractivity contribution is 5.84. The number of amides is 2. The Morgan fingerprint density at radius 1 is 1.50 bits per heavy atom. The van der Waals surface area contributed by atoms with Gasteiger partial charge < -0.3 is 20.4 Å². The molecule has 0 aromatic carbocycles. The van der Waals surface area contributed by atoms with Crippen LogP contribution in [0.3, 0.4) is 0 Å². The molecule has 0 aliphatic carbocycles. The number of carbonyl (C=O) groups is 2. The summed E-state index contributed by atoms with van der Waals surface area (Å²) >= 11 is 0. The molecule has 1 heterocycles. The summed E-state index contributed by atoms with van der Waals surface area (Å²) in [5.41, 5.74) is -1.11. The minimum atomic E-state index is -1.15. The third-order valence-corrected chi connectivity index (χ3v) is 2.35. The number of carboxylic acid groups (broad SMARTS) is 1. The lowest BCUT2D eigenvalue weighted by Crippen LogP contribution is -2.45. The topological polar surface area (TPSA) is 121 Å². The molecule has 0 atom stereocenters. The first-order valence-electron chi connectivity index (χ1n) is 6.04. The van der Waals surface area contributed by atoms with Crippen LogP contribution in [0.5, 0.6) is 0 Å². The molecule has 3 N–H and O–H groups in total. The summed E-state index contributed by atoms with van der Waals surface area (Å²) in [4.78, 5) is 23.7. The third-order valence-electron chi connectivity index (χ3n) is 2.35. The second-order valence-electron chi connectivity index (χ2n) is 5.07. The number of rotatable bonds is 6. The molecule has 1 aromatic rings. The highest BCUT2D eigenvalue weighted by atomic mass is 16.4. The number of likely N-dealkylation sites (N-methyl/N-ethyl adjacent to an activating group) is 1. The van der Waals surface area contributed by atoms with Crippen LogP contribution in [0.1, 0.15) is 24.3 Å². The maximum atomic E-state index is 11.7. The monoisotopic (exact) mass is 285 g/mol. The Bertz CT molecular complexity index is 479. The van der Waals surface area contributed by atoms with Gasteiger partial charge in [-0.05, 0) is 13.8 Å². The average Bonchev–Trinajstić information content (AvgIpc) is 2.75. The number of aliphatic hydroxyl groups is 1. The van der Waals surface area contributed by atoms with E-state index in [0.717, 1.165) is 0 Å². The van der Waals surface area contributed by atoms with Crippen molar-refractivity contribution in [3.8, 4) is 0 Å². The summed E-state index contributed by atoms with van der Waals surface area (Å²) in [5.74, 6) is -1.15. The van der Waals surface area contributed by atoms with Gasteiger partial charge in [-0.15, -0.1) is 5.10 Å². The second-order valence-corrected chi connectivity index (χ2v) is 5.07. The molecule has 0 bridgehead atoms. The minimum absolute atomic E-state index is 0.143. The fourth-order valence-corrected chi connectivity index (χ4v) is 1.57. The Morgan fingerprint density at radius 2 is 2.15 bits per heavy atom. The maximum absolute atomic E-state index is 11.7. The van der Waals surface area contributed by atoms with Crippen molar-refractivity contribution in [3.05, 3.63) is 11.9 Å². The molecule has 0 fully saturated rings. The Balaban J connectivity index is 2.36. The first kappa shape index (κ1) is 15.9. The fourth-order valence-electron chi connectivity index (χ4n) is 1.57. The van der Waals surface area contributed by atoms with Crippen molar-refractivity contribution in [3.63, 3.8) is 0 Å². The van der Waals surface area contributed by atoms with Gasteiger partial charge in [0.2, 0.25) is 0 Å². The fraction of sp³-hybridized carbons (Fsp3) is 0.636. The summed E-state index contributed by atoms with van der Waals surface area (Å²) in [7, 11) is 1.57. The van der Waals surface area contributed by atoms with Gasteiger partial charge in [0.25, 0.3) is 0 Å². The smallest absolute Gasteiger partial charge is 0.358 e. The van der Waals surface area contributed by atoms with E-state index in [4.69, 9.17) is 5.11 Å². The Labute approximate surface area is 116 Å². The number of aromatic nitrogens is 3. The highest BCUT2D eigenvalue weighted by Crippen LogP contribution is 2.02. The molecule has 1 rings (SSSR count). The standard InChI is InChI=1S/C11H19N5O4/c1-11(2,20)7-15(3)10(19)12-4-5-16-6-8(9(17)18)13-14-16/h6,20H,4-5,7H2,1-3H3,(H,12,19)(H,17,18). The van der Waals surface area contributed by atoms with Crippen molar-refractivity contribution in [1.82, 2.24) is 25.2 Å². The SMILES string of the molecule is CN(CC(C)(C)O)C(=O)NCCn1cc(C(=O)O)nn1.